The third-order valence-corrected chi connectivity index (χ3v) is 3.28. The molecule has 6 heteroatoms. The molecule has 18 heavy (non-hydrogen) atoms. The van der Waals surface area contributed by atoms with Gasteiger partial charge in [-0.1, -0.05) is 43.5 Å². The van der Waals surface area contributed by atoms with Crippen LogP contribution < -0.4 is 0 Å². The highest BCUT2D eigenvalue weighted by molar-refractivity contribution is 6.35. The van der Waals surface area contributed by atoms with E-state index in [0.717, 1.165) is 12.8 Å². The molecule has 0 aliphatic rings. The van der Waals surface area contributed by atoms with E-state index in [1.807, 2.05) is 0 Å². The van der Waals surface area contributed by atoms with Gasteiger partial charge < -0.3 is 5.11 Å². The Hall–Kier alpha value is -0.870. The lowest BCUT2D eigenvalue weighted by molar-refractivity contribution is -0.138. The van der Waals surface area contributed by atoms with Crippen LogP contribution in [-0.4, -0.2) is 21.0 Å². The second-order valence-corrected chi connectivity index (χ2v) is 4.75. The maximum absolute atomic E-state index is 11.1. The minimum absolute atomic E-state index is 0.148. The summed E-state index contributed by atoms with van der Waals surface area (Å²) < 4.78 is 0. The number of aromatic nitrogens is 2. The standard InChI is InChI=1S/C12H16Cl2N2O2/c1-3-5-6-8-15-10(13)9(11(14)16-8)7(4-2)12(17)18/h7H,3-6H2,1-2H3,(H,17,18). The number of carbonyl (C=O) groups is 1. The van der Waals surface area contributed by atoms with Crippen LogP contribution in [0.25, 0.3) is 0 Å². The molecular weight excluding hydrogens is 275 g/mol. The van der Waals surface area contributed by atoms with Crippen LogP contribution in [0.5, 0.6) is 0 Å². The molecule has 0 aliphatic carbocycles. The molecule has 1 aromatic rings. The normalized spacial score (nSPS) is 12.4. The predicted octanol–water partition coefficient (Wildman–Crippen LogP) is 3.70. The third kappa shape index (κ3) is 3.56. The van der Waals surface area contributed by atoms with Crippen LogP contribution in [0.1, 0.15) is 50.4 Å². The predicted molar refractivity (Wildman–Crippen MR) is 71.3 cm³/mol. The highest BCUT2D eigenvalue weighted by atomic mass is 35.5. The average molecular weight is 291 g/mol. The summed E-state index contributed by atoms with van der Waals surface area (Å²) in [6, 6.07) is 0. The first-order chi connectivity index (χ1) is 8.51. The Morgan fingerprint density at radius 1 is 1.28 bits per heavy atom. The van der Waals surface area contributed by atoms with Crippen molar-refractivity contribution in [2.45, 2.75) is 45.4 Å². The van der Waals surface area contributed by atoms with Crippen LogP contribution in [0.4, 0.5) is 0 Å². The van der Waals surface area contributed by atoms with Crippen LogP contribution in [0.3, 0.4) is 0 Å². The Bertz CT molecular complexity index is 415. The fourth-order valence-electron chi connectivity index (χ4n) is 1.69. The van der Waals surface area contributed by atoms with E-state index < -0.39 is 11.9 Å². The molecule has 0 radical (unpaired) electrons. The quantitative estimate of drug-likeness (QED) is 0.812. The molecule has 0 saturated carbocycles. The Labute approximate surface area is 116 Å². The van der Waals surface area contributed by atoms with Gasteiger partial charge in [0.15, 0.2) is 0 Å². The molecule has 1 atom stereocenters. The molecule has 0 bridgehead atoms. The number of rotatable bonds is 6. The van der Waals surface area contributed by atoms with Gasteiger partial charge in [0.05, 0.1) is 5.92 Å². The van der Waals surface area contributed by atoms with E-state index in [-0.39, 0.29) is 10.3 Å². The van der Waals surface area contributed by atoms with Gasteiger partial charge >= 0.3 is 5.97 Å². The lowest BCUT2D eigenvalue weighted by atomic mass is 9.99. The number of aliphatic carboxylic acids is 1. The lowest BCUT2D eigenvalue weighted by Gasteiger charge is -2.13. The van der Waals surface area contributed by atoms with Crippen LogP contribution in [0.15, 0.2) is 0 Å². The molecule has 0 saturated heterocycles. The molecule has 1 unspecified atom stereocenters. The maximum Gasteiger partial charge on any atom is 0.311 e. The molecular formula is C12H16Cl2N2O2. The molecule has 0 fully saturated rings. The van der Waals surface area contributed by atoms with Gasteiger partial charge in [-0.25, -0.2) is 9.97 Å². The molecule has 0 spiro atoms. The zero-order chi connectivity index (χ0) is 13.7. The number of hydrogen-bond donors (Lipinski definition) is 1. The summed E-state index contributed by atoms with van der Waals surface area (Å²) in [5, 5.41) is 9.41. The highest BCUT2D eigenvalue weighted by Crippen LogP contribution is 2.31. The second-order valence-electron chi connectivity index (χ2n) is 4.04. The first-order valence-electron chi connectivity index (χ1n) is 5.95. The fraction of sp³-hybridized carbons (Fsp3) is 0.583. The molecule has 1 N–H and O–H groups in total. The van der Waals surface area contributed by atoms with Crippen molar-refractivity contribution < 1.29 is 9.90 Å². The number of aryl methyl sites for hydroxylation is 1. The summed E-state index contributed by atoms with van der Waals surface area (Å²) in [5.41, 5.74) is 0.314. The summed E-state index contributed by atoms with van der Waals surface area (Å²) in [6.07, 6.45) is 3.06. The van der Waals surface area contributed by atoms with E-state index in [1.54, 1.807) is 6.92 Å². The van der Waals surface area contributed by atoms with Crippen molar-refractivity contribution in [2.75, 3.05) is 0 Å². The molecule has 4 nitrogen and oxygen atoms in total. The van der Waals surface area contributed by atoms with E-state index in [4.69, 9.17) is 28.3 Å². The van der Waals surface area contributed by atoms with Gasteiger partial charge in [0, 0.05) is 12.0 Å². The summed E-state index contributed by atoms with van der Waals surface area (Å²) in [7, 11) is 0. The van der Waals surface area contributed by atoms with E-state index in [1.165, 1.54) is 0 Å². The maximum atomic E-state index is 11.1. The van der Waals surface area contributed by atoms with Crippen molar-refractivity contribution in [1.29, 1.82) is 0 Å². The minimum Gasteiger partial charge on any atom is -0.481 e. The number of halogens is 2. The second kappa shape index (κ2) is 6.90. The summed E-state index contributed by atoms with van der Waals surface area (Å²) in [4.78, 5) is 19.4. The molecule has 100 valence electrons. The van der Waals surface area contributed by atoms with Crippen LogP contribution >= 0.6 is 23.2 Å². The summed E-state index contributed by atoms with van der Waals surface area (Å²) >= 11 is 12.1. The Morgan fingerprint density at radius 3 is 2.22 bits per heavy atom. The highest BCUT2D eigenvalue weighted by Gasteiger charge is 2.25. The number of hydrogen-bond acceptors (Lipinski definition) is 3. The van der Waals surface area contributed by atoms with E-state index in [2.05, 4.69) is 16.9 Å². The monoisotopic (exact) mass is 290 g/mol. The van der Waals surface area contributed by atoms with Gasteiger partial charge in [0.1, 0.15) is 16.1 Å². The fourth-order valence-corrected chi connectivity index (χ4v) is 2.38. The molecule has 0 aromatic carbocycles. The number of nitrogens with zero attached hydrogens (tertiary/aromatic N) is 2. The smallest absolute Gasteiger partial charge is 0.311 e. The Morgan fingerprint density at radius 2 is 1.83 bits per heavy atom. The number of carboxylic acids is 1. The summed E-state index contributed by atoms with van der Waals surface area (Å²) in [6.45, 7) is 3.82. The zero-order valence-electron chi connectivity index (χ0n) is 10.4. The van der Waals surface area contributed by atoms with Gasteiger partial charge in [0.2, 0.25) is 0 Å². The van der Waals surface area contributed by atoms with E-state index >= 15 is 0 Å². The van der Waals surface area contributed by atoms with Crippen molar-refractivity contribution in [3.05, 3.63) is 21.7 Å². The molecule has 1 heterocycles. The van der Waals surface area contributed by atoms with Crippen molar-refractivity contribution in [3.8, 4) is 0 Å². The van der Waals surface area contributed by atoms with E-state index in [0.29, 0.717) is 24.2 Å². The third-order valence-electron chi connectivity index (χ3n) is 2.71. The first kappa shape index (κ1) is 15.2. The summed E-state index contributed by atoms with van der Waals surface area (Å²) in [5.74, 6) is -1.16. The van der Waals surface area contributed by atoms with Crippen LogP contribution in [0, 0.1) is 0 Å². The zero-order valence-corrected chi connectivity index (χ0v) is 11.9. The molecule has 1 aromatic heterocycles. The van der Waals surface area contributed by atoms with Gasteiger partial charge in [-0.2, -0.15) is 0 Å². The van der Waals surface area contributed by atoms with Crippen LogP contribution in [0.2, 0.25) is 10.3 Å². The van der Waals surface area contributed by atoms with Gasteiger partial charge in [-0.3, -0.25) is 4.79 Å². The van der Waals surface area contributed by atoms with Crippen molar-refractivity contribution in [3.63, 3.8) is 0 Å². The molecule has 1 rings (SSSR count). The van der Waals surface area contributed by atoms with Gasteiger partial charge in [-0.05, 0) is 12.8 Å². The largest absolute Gasteiger partial charge is 0.481 e. The Balaban J connectivity index is 3.11. The van der Waals surface area contributed by atoms with Crippen molar-refractivity contribution in [1.82, 2.24) is 9.97 Å². The lowest BCUT2D eigenvalue weighted by Crippen LogP contribution is -2.14. The topological polar surface area (TPSA) is 63.1 Å². The van der Waals surface area contributed by atoms with Crippen LogP contribution in [-0.2, 0) is 11.2 Å². The molecule has 0 aliphatic heterocycles. The van der Waals surface area contributed by atoms with Gasteiger partial charge in [0.25, 0.3) is 0 Å². The first-order valence-corrected chi connectivity index (χ1v) is 6.71. The minimum atomic E-state index is -0.966. The Kier molecular flexibility index (Phi) is 5.82. The number of carboxylic acid groups (broad SMARTS) is 1. The van der Waals surface area contributed by atoms with Crippen molar-refractivity contribution >= 4 is 29.2 Å². The average Bonchev–Trinajstić information content (AvgIpc) is 2.30. The van der Waals surface area contributed by atoms with Gasteiger partial charge in [-0.15, -0.1) is 0 Å². The molecule has 0 amide bonds. The van der Waals surface area contributed by atoms with E-state index in [9.17, 15) is 4.79 Å². The SMILES string of the molecule is CCCCc1nc(Cl)c(C(CC)C(=O)O)c(Cl)n1. The van der Waals surface area contributed by atoms with Crippen molar-refractivity contribution in [2.24, 2.45) is 0 Å². The number of unbranched alkanes of at least 4 members (excludes halogenated alkanes) is 1.